The van der Waals surface area contributed by atoms with Crippen LogP contribution in [0.5, 0.6) is 0 Å². The van der Waals surface area contributed by atoms with Crippen LogP contribution in [0.15, 0.2) is 0 Å². The summed E-state index contributed by atoms with van der Waals surface area (Å²) >= 11 is 0. The third kappa shape index (κ3) is 2.29. The Kier molecular flexibility index (Phi) is 3.45. The lowest BCUT2D eigenvalue weighted by atomic mass is 10.1. The van der Waals surface area contributed by atoms with Gasteiger partial charge in [0.25, 0.3) is 0 Å². The zero-order valence-corrected chi connectivity index (χ0v) is 9.28. The van der Waals surface area contributed by atoms with E-state index in [4.69, 9.17) is 0 Å². The summed E-state index contributed by atoms with van der Waals surface area (Å²) in [6.45, 7) is 3.46. The van der Waals surface area contributed by atoms with Crippen molar-refractivity contribution in [1.82, 2.24) is 4.90 Å². The minimum absolute atomic E-state index is 0.0348. The quantitative estimate of drug-likeness (QED) is 0.730. The van der Waals surface area contributed by atoms with E-state index in [9.17, 15) is 5.11 Å². The molecule has 0 aliphatic heterocycles. The van der Waals surface area contributed by atoms with Gasteiger partial charge >= 0.3 is 0 Å². The van der Waals surface area contributed by atoms with Gasteiger partial charge in [0.2, 0.25) is 0 Å². The van der Waals surface area contributed by atoms with E-state index in [0.717, 1.165) is 12.5 Å². The molecule has 1 N–H and O–H groups in total. The second-order valence-corrected chi connectivity index (χ2v) is 4.89. The third-order valence-corrected chi connectivity index (χ3v) is 3.66. The molecule has 0 aromatic carbocycles. The van der Waals surface area contributed by atoms with Crippen molar-refractivity contribution in [2.45, 2.75) is 70.1 Å². The lowest BCUT2D eigenvalue weighted by Gasteiger charge is -2.31. The van der Waals surface area contributed by atoms with Crippen LogP contribution in [0.3, 0.4) is 0 Å². The molecule has 2 fully saturated rings. The summed E-state index contributed by atoms with van der Waals surface area (Å²) < 4.78 is 0. The molecule has 0 unspecified atom stereocenters. The highest BCUT2D eigenvalue weighted by Gasteiger charge is 2.38. The molecule has 2 atom stereocenters. The van der Waals surface area contributed by atoms with Crippen molar-refractivity contribution in [3.05, 3.63) is 0 Å². The van der Waals surface area contributed by atoms with Gasteiger partial charge in [0.05, 0.1) is 6.10 Å². The zero-order chi connectivity index (χ0) is 9.97. The molecular formula is C12H23NO. The average molecular weight is 197 g/mol. The Bertz CT molecular complexity index is 179. The van der Waals surface area contributed by atoms with Gasteiger partial charge in [0.1, 0.15) is 0 Å². The molecule has 0 aromatic rings. The molecule has 2 saturated carbocycles. The maximum Gasteiger partial charge on any atom is 0.0695 e. The maximum atomic E-state index is 9.89. The molecule has 0 bridgehead atoms. The third-order valence-electron chi connectivity index (χ3n) is 3.66. The summed E-state index contributed by atoms with van der Waals surface area (Å²) in [6.07, 6.45) is 8.74. The highest BCUT2D eigenvalue weighted by atomic mass is 16.3. The lowest BCUT2D eigenvalue weighted by Crippen LogP contribution is -2.42. The summed E-state index contributed by atoms with van der Waals surface area (Å²) in [6, 6.07) is 1.31. The first-order valence-corrected chi connectivity index (χ1v) is 6.26. The van der Waals surface area contributed by atoms with Gasteiger partial charge < -0.3 is 5.11 Å². The van der Waals surface area contributed by atoms with Gasteiger partial charge in [-0.05, 0) is 45.1 Å². The first-order chi connectivity index (χ1) is 6.83. The van der Waals surface area contributed by atoms with Crippen LogP contribution in [0.2, 0.25) is 0 Å². The molecule has 0 radical (unpaired) electrons. The van der Waals surface area contributed by atoms with Crippen molar-refractivity contribution in [2.24, 2.45) is 0 Å². The number of hydrogen-bond acceptors (Lipinski definition) is 2. The first kappa shape index (κ1) is 10.4. The number of unbranched alkanes of at least 4 members (excludes halogenated alkanes) is 1. The lowest BCUT2D eigenvalue weighted by molar-refractivity contribution is 0.0646. The average Bonchev–Trinajstić information content (AvgIpc) is 2.92. The molecule has 82 valence electrons. The summed E-state index contributed by atoms with van der Waals surface area (Å²) in [7, 11) is 0. The number of aliphatic hydroxyl groups excluding tert-OH is 1. The highest BCUT2D eigenvalue weighted by molar-refractivity contribution is 4.93. The fourth-order valence-electron chi connectivity index (χ4n) is 2.67. The van der Waals surface area contributed by atoms with Crippen molar-refractivity contribution in [2.75, 3.05) is 6.54 Å². The fraction of sp³-hybridized carbons (Fsp3) is 1.00. The normalized spacial score (nSPS) is 32.8. The highest BCUT2D eigenvalue weighted by Crippen LogP contribution is 2.34. The van der Waals surface area contributed by atoms with Crippen molar-refractivity contribution < 1.29 is 5.11 Å². The Morgan fingerprint density at radius 1 is 1.21 bits per heavy atom. The Morgan fingerprint density at radius 2 is 2.00 bits per heavy atom. The van der Waals surface area contributed by atoms with E-state index in [2.05, 4.69) is 11.8 Å². The van der Waals surface area contributed by atoms with Crippen molar-refractivity contribution in [3.63, 3.8) is 0 Å². The van der Waals surface area contributed by atoms with Gasteiger partial charge in [-0.1, -0.05) is 13.3 Å². The molecule has 2 nitrogen and oxygen atoms in total. The standard InChI is InChI=1S/C12H23NO/c1-2-3-9-13(10-7-8-10)11-5-4-6-12(11)14/h10-12,14H,2-9H2,1H3/t11-,12-/m1/s1. The van der Waals surface area contributed by atoms with Crippen molar-refractivity contribution in [3.8, 4) is 0 Å². The molecule has 0 spiro atoms. The number of aliphatic hydroxyl groups is 1. The van der Waals surface area contributed by atoms with Gasteiger partial charge in [0, 0.05) is 12.1 Å². The van der Waals surface area contributed by atoms with Crippen LogP contribution in [0.25, 0.3) is 0 Å². The van der Waals surface area contributed by atoms with Crippen LogP contribution < -0.4 is 0 Å². The Balaban J connectivity index is 1.88. The molecule has 14 heavy (non-hydrogen) atoms. The van der Waals surface area contributed by atoms with E-state index < -0.39 is 0 Å². The van der Waals surface area contributed by atoms with E-state index >= 15 is 0 Å². The Labute approximate surface area is 87.3 Å². The number of rotatable bonds is 5. The Hall–Kier alpha value is -0.0800. The van der Waals surface area contributed by atoms with E-state index in [1.165, 1.54) is 45.1 Å². The van der Waals surface area contributed by atoms with Gasteiger partial charge in [-0.25, -0.2) is 0 Å². The van der Waals surface area contributed by atoms with Gasteiger partial charge in [-0.2, -0.15) is 0 Å². The maximum absolute atomic E-state index is 9.89. The summed E-state index contributed by atoms with van der Waals surface area (Å²) in [5, 5.41) is 9.89. The predicted molar refractivity (Wildman–Crippen MR) is 58.3 cm³/mol. The smallest absolute Gasteiger partial charge is 0.0695 e. The number of hydrogen-bond donors (Lipinski definition) is 1. The molecule has 2 aliphatic carbocycles. The van der Waals surface area contributed by atoms with E-state index in [-0.39, 0.29) is 6.10 Å². The van der Waals surface area contributed by atoms with Crippen molar-refractivity contribution in [1.29, 1.82) is 0 Å². The molecular weight excluding hydrogens is 174 g/mol. The first-order valence-electron chi connectivity index (χ1n) is 6.26. The van der Waals surface area contributed by atoms with Gasteiger partial charge in [-0.3, -0.25) is 4.90 Å². The topological polar surface area (TPSA) is 23.5 Å². The second kappa shape index (κ2) is 4.63. The van der Waals surface area contributed by atoms with E-state index in [1.54, 1.807) is 0 Å². The van der Waals surface area contributed by atoms with Gasteiger partial charge in [0.15, 0.2) is 0 Å². The van der Waals surface area contributed by atoms with Crippen LogP contribution in [-0.4, -0.2) is 34.7 Å². The van der Waals surface area contributed by atoms with Crippen LogP contribution in [0.4, 0.5) is 0 Å². The SMILES string of the molecule is CCCCN(C1CC1)[C@@H]1CCC[C@H]1O. The molecule has 0 aromatic heterocycles. The fourth-order valence-corrected chi connectivity index (χ4v) is 2.67. The van der Waals surface area contributed by atoms with Crippen LogP contribution in [0, 0.1) is 0 Å². The summed E-state index contributed by atoms with van der Waals surface area (Å²) in [4.78, 5) is 2.60. The molecule has 0 saturated heterocycles. The monoisotopic (exact) mass is 197 g/mol. The molecule has 2 aliphatic rings. The van der Waals surface area contributed by atoms with E-state index in [1.807, 2.05) is 0 Å². The minimum Gasteiger partial charge on any atom is -0.391 e. The zero-order valence-electron chi connectivity index (χ0n) is 9.28. The minimum atomic E-state index is -0.0348. The molecule has 0 heterocycles. The van der Waals surface area contributed by atoms with Crippen LogP contribution in [-0.2, 0) is 0 Å². The predicted octanol–water partition coefficient (Wildman–Crippen LogP) is 2.16. The summed E-state index contributed by atoms with van der Waals surface area (Å²) in [5.41, 5.74) is 0. The summed E-state index contributed by atoms with van der Waals surface area (Å²) in [5.74, 6) is 0. The molecule has 2 heteroatoms. The van der Waals surface area contributed by atoms with Crippen molar-refractivity contribution >= 4 is 0 Å². The van der Waals surface area contributed by atoms with Gasteiger partial charge in [-0.15, -0.1) is 0 Å². The number of nitrogens with zero attached hydrogens (tertiary/aromatic N) is 1. The largest absolute Gasteiger partial charge is 0.391 e. The van der Waals surface area contributed by atoms with E-state index in [0.29, 0.717) is 6.04 Å². The Morgan fingerprint density at radius 3 is 2.50 bits per heavy atom. The molecule has 2 rings (SSSR count). The molecule has 0 amide bonds. The second-order valence-electron chi connectivity index (χ2n) is 4.89. The van der Waals surface area contributed by atoms with Crippen LogP contribution >= 0.6 is 0 Å². The van der Waals surface area contributed by atoms with Crippen LogP contribution in [0.1, 0.15) is 51.9 Å².